The second kappa shape index (κ2) is 6.89. The van der Waals surface area contributed by atoms with Gasteiger partial charge in [-0.25, -0.2) is 0 Å². The molecule has 4 aromatic rings. The number of pyridine rings is 1. The smallest absolute Gasteiger partial charge is 0.247 e. The van der Waals surface area contributed by atoms with Crippen molar-refractivity contribution in [2.24, 2.45) is 0 Å². The molecule has 0 saturated carbocycles. The SMILES string of the molecule is CC1CCc2ccccc2N1C(=O)Cn1c2ccccc2c(=O)c2ccccc21. The fourth-order valence-corrected chi connectivity index (χ4v) is 4.53. The van der Waals surface area contributed by atoms with Crippen LogP contribution in [0, 0.1) is 0 Å². The van der Waals surface area contributed by atoms with Gasteiger partial charge in [0.25, 0.3) is 0 Å². The van der Waals surface area contributed by atoms with Crippen molar-refractivity contribution in [1.29, 1.82) is 0 Å². The van der Waals surface area contributed by atoms with Crippen LogP contribution in [-0.4, -0.2) is 16.5 Å². The van der Waals surface area contributed by atoms with E-state index in [9.17, 15) is 9.59 Å². The predicted octanol–water partition coefficient (Wildman–Crippen LogP) is 4.52. The highest BCUT2D eigenvalue weighted by molar-refractivity contribution is 5.99. The van der Waals surface area contributed by atoms with Crippen LogP contribution in [0.1, 0.15) is 18.9 Å². The van der Waals surface area contributed by atoms with Crippen molar-refractivity contribution in [1.82, 2.24) is 4.57 Å². The van der Waals surface area contributed by atoms with Gasteiger partial charge in [0.15, 0.2) is 5.43 Å². The van der Waals surface area contributed by atoms with Crippen LogP contribution >= 0.6 is 0 Å². The number of aryl methyl sites for hydroxylation is 1. The quantitative estimate of drug-likeness (QED) is 0.478. The maximum Gasteiger partial charge on any atom is 0.247 e. The number of carbonyl (C=O) groups is 1. The molecule has 1 atom stereocenters. The first kappa shape index (κ1) is 17.7. The molecule has 1 aliphatic heterocycles. The second-order valence-corrected chi connectivity index (χ2v) is 7.73. The van der Waals surface area contributed by atoms with E-state index in [1.807, 2.05) is 76.2 Å². The van der Waals surface area contributed by atoms with Crippen molar-refractivity contribution in [2.75, 3.05) is 4.90 Å². The highest BCUT2D eigenvalue weighted by atomic mass is 16.2. The molecular weight excluding hydrogens is 360 g/mol. The number of nitrogens with zero attached hydrogens (tertiary/aromatic N) is 2. The molecule has 1 aromatic heterocycles. The Morgan fingerprint density at radius 2 is 1.48 bits per heavy atom. The summed E-state index contributed by atoms with van der Waals surface area (Å²) in [6.45, 7) is 2.30. The lowest BCUT2D eigenvalue weighted by Crippen LogP contribution is -2.43. The zero-order chi connectivity index (χ0) is 20.0. The number of carbonyl (C=O) groups excluding carboxylic acids is 1. The predicted molar refractivity (Wildman–Crippen MR) is 117 cm³/mol. The van der Waals surface area contributed by atoms with Crippen molar-refractivity contribution in [3.8, 4) is 0 Å². The first-order valence-corrected chi connectivity index (χ1v) is 10.1. The number of para-hydroxylation sites is 3. The number of aromatic nitrogens is 1. The minimum Gasteiger partial charge on any atom is -0.331 e. The van der Waals surface area contributed by atoms with Crippen molar-refractivity contribution in [2.45, 2.75) is 32.4 Å². The van der Waals surface area contributed by atoms with Gasteiger partial charge >= 0.3 is 0 Å². The van der Waals surface area contributed by atoms with E-state index in [0.717, 1.165) is 29.6 Å². The van der Waals surface area contributed by atoms with E-state index in [0.29, 0.717) is 10.8 Å². The van der Waals surface area contributed by atoms with E-state index in [1.165, 1.54) is 5.56 Å². The monoisotopic (exact) mass is 382 g/mol. The van der Waals surface area contributed by atoms with Gasteiger partial charge < -0.3 is 9.47 Å². The standard InChI is InChI=1S/C25H22N2O2/c1-17-14-15-18-8-2-5-11-21(18)27(17)24(28)16-26-22-12-6-3-9-19(22)25(29)20-10-4-7-13-23(20)26/h2-13,17H,14-16H2,1H3. The highest BCUT2D eigenvalue weighted by Gasteiger charge is 2.28. The third-order valence-electron chi connectivity index (χ3n) is 5.96. The van der Waals surface area contributed by atoms with Crippen molar-refractivity contribution in [3.63, 3.8) is 0 Å². The van der Waals surface area contributed by atoms with Gasteiger partial charge in [0.05, 0.1) is 11.0 Å². The molecule has 0 N–H and O–H groups in total. The van der Waals surface area contributed by atoms with Crippen LogP contribution in [0.15, 0.2) is 77.6 Å². The van der Waals surface area contributed by atoms with Gasteiger partial charge in [0.1, 0.15) is 6.54 Å². The summed E-state index contributed by atoms with van der Waals surface area (Å²) in [5.41, 5.74) is 3.82. The molecule has 4 nitrogen and oxygen atoms in total. The Morgan fingerprint density at radius 1 is 0.897 bits per heavy atom. The molecule has 0 fully saturated rings. The largest absolute Gasteiger partial charge is 0.331 e. The Kier molecular flexibility index (Phi) is 4.20. The average molecular weight is 382 g/mol. The lowest BCUT2D eigenvalue weighted by molar-refractivity contribution is -0.119. The van der Waals surface area contributed by atoms with Crippen LogP contribution in [0.3, 0.4) is 0 Å². The number of hydrogen-bond acceptors (Lipinski definition) is 2. The molecule has 0 radical (unpaired) electrons. The van der Waals surface area contributed by atoms with Gasteiger partial charge in [0, 0.05) is 22.5 Å². The molecule has 1 amide bonds. The lowest BCUT2D eigenvalue weighted by atomic mass is 9.96. The fourth-order valence-electron chi connectivity index (χ4n) is 4.53. The molecule has 5 rings (SSSR count). The zero-order valence-corrected chi connectivity index (χ0v) is 16.3. The minimum atomic E-state index is 0.0107. The minimum absolute atomic E-state index is 0.0107. The first-order valence-electron chi connectivity index (χ1n) is 10.1. The Morgan fingerprint density at radius 3 is 2.17 bits per heavy atom. The van der Waals surface area contributed by atoms with E-state index in [2.05, 4.69) is 13.0 Å². The van der Waals surface area contributed by atoms with Gasteiger partial charge in [-0.3, -0.25) is 9.59 Å². The van der Waals surface area contributed by atoms with E-state index in [4.69, 9.17) is 0 Å². The molecule has 0 bridgehead atoms. The first-order chi connectivity index (χ1) is 14.1. The molecule has 3 aromatic carbocycles. The number of hydrogen-bond donors (Lipinski definition) is 0. The lowest BCUT2D eigenvalue weighted by Gasteiger charge is -2.35. The summed E-state index contributed by atoms with van der Waals surface area (Å²) in [6.07, 6.45) is 1.94. The molecule has 0 spiro atoms. The summed E-state index contributed by atoms with van der Waals surface area (Å²) in [5, 5.41) is 1.29. The third kappa shape index (κ3) is 2.83. The summed E-state index contributed by atoms with van der Waals surface area (Å²) in [4.78, 5) is 28.4. The van der Waals surface area contributed by atoms with E-state index in [-0.39, 0.29) is 23.9 Å². The van der Waals surface area contributed by atoms with Crippen LogP contribution in [0.25, 0.3) is 21.8 Å². The third-order valence-corrected chi connectivity index (χ3v) is 5.96. The highest BCUT2D eigenvalue weighted by Crippen LogP contribution is 2.31. The van der Waals surface area contributed by atoms with E-state index in [1.54, 1.807) is 0 Å². The fraction of sp³-hybridized carbons (Fsp3) is 0.200. The number of benzene rings is 3. The maximum absolute atomic E-state index is 13.5. The van der Waals surface area contributed by atoms with Crippen LogP contribution < -0.4 is 10.3 Å². The van der Waals surface area contributed by atoms with Crippen molar-refractivity contribution in [3.05, 3.63) is 88.6 Å². The second-order valence-electron chi connectivity index (χ2n) is 7.73. The molecule has 29 heavy (non-hydrogen) atoms. The molecule has 4 heteroatoms. The Bertz CT molecular complexity index is 1250. The van der Waals surface area contributed by atoms with Crippen LogP contribution in [0.2, 0.25) is 0 Å². The Labute approximate surface area is 169 Å². The van der Waals surface area contributed by atoms with Crippen molar-refractivity contribution >= 4 is 33.4 Å². The van der Waals surface area contributed by atoms with Crippen LogP contribution in [0.4, 0.5) is 5.69 Å². The molecular formula is C25H22N2O2. The van der Waals surface area contributed by atoms with E-state index < -0.39 is 0 Å². The van der Waals surface area contributed by atoms with Crippen LogP contribution in [0.5, 0.6) is 0 Å². The molecule has 1 aliphatic rings. The number of anilines is 1. The molecule has 0 aliphatic carbocycles. The zero-order valence-electron chi connectivity index (χ0n) is 16.3. The Hall–Kier alpha value is -3.40. The maximum atomic E-state index is 13.5. The summed E-state index contributed by atoms with van der Waals surface area (Å²) in [7, 11) is 0. The summed E-state index contributed by atoms with van der Waals surface area (Å²) in [6, 6.07) is 23.4. The Balaban J connectivity index is 1.67. The summed E-state index contributed by atoms with van der Waals surface area (Å²) >= 11 is 0. The van der Waals surface area contributed by atoms with E-state index >= 15 is 0 Å². The topological polar surface area (TPSA) is 42.3 Å². The molecule has 144 valence electrons. The van der Waals surface area contributed by atoms with Crippen LogP contribution in [-0.2, 0) is 17.8 Å². The number of amides is 1. The number of rotatable bonds is 2. The van der Waals surface area contributed by atoms with Gasteiger partial charge in [-0.15, -0.1) is 0 Å². The molecule has 0 saturated heterocycles. The normalized spacial score (nSPS) is 16.2. The van der Waals surface area contributed by atoms with Crippen molar-refractivity contribution < 1.29 is 4.79 Å². The summed E-state index contributed by atoms with van der Waals surface area (Å²) < 4.78 is 1.98. The van der Waals surface area contributed by atoms with Gasteiger partial charge in [0.2, 0.25) is 5.91 Å². The number of fused-ring (bicyclic) bond motifs is 3. The summed E-state index contributed by atoms with van der Waals surface area (Å²) in [5.74, 6) is 0.0450. The van der Waals surface area contributed by atoms with Gasteiger partial charge in [-0.1, -0.05) is 42.5 Å². The van der Waals surface area contributed by atoms with Gasteiger partial charge in [-0.05, 0) is 55.7 Å². The molecule has 2 heterocycles. The molecule has 1 unspecified atom stereocenters. The van der Waals surface area contributed by atoms with Gasteiger partial charge in [-0.2, -0.15) is 0 Å². The average Bonchev–Trinajstić information content (AvgIpc) is 2.76.